The molecule has 36 heavy (non-hydrogen) atoms. The second-order valence-corrected chi connectivity index (χ2v) is 18.4. The first-order valence-electron chi connectivity index (χ1n) is 13.4. The molecule has 1 aromatic carbocycles. The second kappa shape index (κ2) is 13.5. The predicted octanol–water partition coefficient (Wildman–Crippen LogP) is 12.7. The van der Waals surface area contributed by atoms with E-state index in [2.05, 4.69) is 176 Å². The van der Waals surface area contributed by atoms with Crippen molar-refractivity contribution in [3.05, 3.63) is 46.5 Å². The van der Waals surface area contributed by atoms with Gasteiger partial charge in [-0.1, -0.05) is 176 Å². The summed E-state index contributed by atoms with van der Waals surface area (Å²) in [6, 6.07) is 11.1. The highest BCUT2D eigenvalue weighted by Crippen LogP contribution is 2.54. The van der Waals surface area contributed by atoms with E-state index in [0.29, 0.717) is 15.6 Å². The van der Waals surface area contributed by atoms with E-state index in [0.717, 1.165) is 24.6 Å². The van der Waals surface area contributed by atoms with Gasteiger partial charge in [-0.15, -0.1) is 0 Å². The van der Waals surface area contributed by atoms with Crippen LogP contribution in [0.4, 0.5) is 0 Å². The minimum absolute atomic E-state index is 0.175. The van der Waals surface area contributed by atoms with Crippen molar-refractivity contribution >= 4 is 63.7 Å². The number of benzene rings is 1. The molecular formula is C32H52Br4. The summed E-state index contributed by atoms with van der Waals surface area (Å²) in [4.78, 5) is 0.828. The van der Waals surface area contributed by atoms with E-state index >= 15 is 0 Å². The maximum Gasteiger partial charge on any atom is 0.0346 e. The first-order valence-corrected chi connectivity index (χ1v) is 17.1. The molecule has 4 heteroatoms. The largest absolute Gasteiger partial charge is 0.0878 e. The molecule has 0 N–H and O–H groups in total. The molecule has 0 spiro atoms. The van der Waals surface area contributed by atoms with Gasteiger partial charge in [-0.2, -0.15) is 0 Å². The maximum absolute atomic E-state index is 4.14. The van der Waals surface area contributed by atoms with Gasteiger partial charge in [0.05, 0.1) is 0 Å². The van der Waals surface area contributed by atoms with Crippen LogP contribution in [0.3, 0.4) is 0 Å². The molecule has 0 aromatic heterocycles. The van der Waals surface area contributed by atoms with E-state index in [1.165, 1.54) is 16.5 Å². The first-order chi connectivity index (χ1) is 16.2. The Bertz CT molecular complexity index is 827. The summed E-state index contributed by atoms with van der Waals surface area (Å²) in [6.45, 7) is 26.8. The number of halogens is 4. The Hall–Kier alpha value is 0.880. The monoisotopic (exact) mass is 752 g/mol. The number of hydrogen-bond donors (Lipinski definition) is 0. The second-order valence-electron chi connectivity index (χ2n) is 14.5. The summed E-state index contributed by atoms with van der Waals surface area (Å²) >= 11 is 15.5. The minimum Gasteiger partial charge on any atom is -0.0878 e. The lowest BCUT2D eigenvalue weighted by atomic mass is 9.58. The van der Waals surface area contributed by atoms with Crippen molar-refractivity contribution in [3.8, 4) is 0 Å². The standard InChI is InChI=1S/C32H52Br4/c1-28(2,3)25(23-15-13-12-14-16-23)19-30(6,7)32(10,11)21-27(36)26(35)20-31(8,9)29(4,5)18-17-24(34)22-33/h12-17,25-27H,18-22H2,1-11H3/b24-17+. The lowest BCUT2D eigenvalue weighted by molar-refractivity contribution is 0.0585. The third-order valence-corrected chi connectivity index (χ3v) is 14.0. The van der Waals surface area contributed by atoms with Crippen LogP contribution >= 0.6 is 63.7 Å². The van der Waals surface area contributed by atoms with Crippen molar-refractivity contribution < 1.29 is 0 Å². The Morgan fingerprint density at radius 1 is 0.694 bits per heavy atom. The van der Waals surface area contributed by atoms with Crippen LogP contribution in [0.2, 0.25) is 0 Å². The van der Waals surface area contributed by atoms with E-state index in [1.54, 1.807) is 0 Å². The van der Waals surface area contributed by atoms with E-state index in [4.69, 9.17) is 0 Å². The van der Waals surface area contributed by atoms with Gasteiger partial charge in [0.25, 0.3) is 0 Å². The topological polar surface area (TPSA) is 0 Å². The quantitative estimate of drug-likeness (QED) is 0.176. The van der Waals surface area contributed by atoms with Gasteiger partial charge in [0.2, 0.25) is 0 Å². The molecule has 3 unspecified atom stereocenters. The van der Waals surface area contributed by atoms with Gasteiger partial charge in [0.15, 0.2) is 0 Å². The third kappa shape index (κ3) is 9.81. The lowest BCUT2D eigenvalue weighted by Gasteiger charge is -2.48. The van der Waals surface area contributed by atoms with E-state index in [1.807, 2.05) is 0 Å². The van der Waals surface area contributed by atoms with Crippen molar-refractivity contribution in [2.75, 3.05) is 5.33 Å². The van der Waals surface area contributed by atoms with Crippen LogP contribution in [0.15, 0.2) is 40.9 Å². The number of rotatable bonds is 13. The zero-order valence-electron chi connectivity index (χ0n) is 24.7. The normalized spacial score (nSPS) is 17.1. The molecule has 3 atom stereocenters. The van der Waals surface area contributed by atoms with Gasteiger partial charge in [-0.3, -0.25) is 0 Å². The molecule has 0 aliphatic rings. The molecule has 0 aliphatic heterocycles. The first kappa shape index (κ1) is 34.9. The molecule has 0 bridgehead atoms. The Morgan fingerprint density at radius 2 is 1.11 bits per heavy atom. The van der Waals surface area contributed by atoms with Crippen molar-refractivity contribution in [1.29, 1.82) is 0 Å². The molecule has 0 saturated heterocycles. The van der Waals surface area contributed by atoms with Gasteiger partial charge in [0, 0.05) is 19.5 Å². The maximum atomic E-state index is 4.14. The van der Waals surface area contributed by atoms with Crippen LogP contribution in [-0.2, 0) is 0 Å². The highest BCUT2D eigenvalue weighted by Gasteiger charge is 2.44. The van der Waals surface area contributed by atoms with Gasteiger partial charge < -0.3 is 0 Å². The van der Waals surface area contributed by atoms with Gasteiger partial charge in [0.1, 0.15) is 0 Å². The number of hydrogen-bond acceptors (Lipinski definition) is 0. The van der Waals surface area contributed by atoms with Crippen LogP contribution in [0, 0.1) is 27.1 Å². The molecule has 0 radical (unpaired) electrons. The summed E-state index contributed by atoms with van der Waals surface area (Å²) in [5.41, 5.74) is 2.42. The highest BCUT2D eigenvalue weighted by molar-refractivity contribution is 9.13. The summed E-state index contributed by atoms with van der Waals surface area (Å²) in [5.74, 6) is 0.521. The Balaban J connectivity index is 3.00. The van der Waals surface area contributed by atoms with Crippen molar-refractivity contribution in [3.63, 3.8) is 0 Å². The van der Waals surface area contributed by atoms with E-state index in [9.17, 15) is 0 Å². The van der Waals surface area contributed by atoms with Gasteiger partial charge in [-0.25, -0.2) is 0 Å². The molecule has 0 amide bonds. The fourth-order valence-corrected chi connectivity index (χ4v) is 7.26. The highest BCUT2D eigenvalue weighted by atomic mass is 79.9. The molecule has 0 heterocycles. The molecule has 0 aliphatic carbocycles. The number of alkyl halides is 3. The molecule has 1 aromatic rings. The van der Waals surface area contributed by atoms with E-state index < -0.39 is 0 Å². The Labute approximate surface area is 258 Å². The van der Waals surface area contributed by atoms with Crippen LogP contribution < -0.4 is 0 Å². The summed E-state index contributed by atoms with van der Waals surface area (Å²) in [6.07, 6.45) is 6.82. The molecule has 1 rings (SSSR count). The van der Waals surface area contributed by atoms with Crippen LogP contribution in [0.5, 0.6) is 0 Å². The summed E-state index contributed by atoms with van der Waals surface area (Å²) in [5, 5.41) is 0.874. The summed E-state index contributed by atoms with van der Waals surface area (Å²) in [7, 11) is 0. The molecule has 0 nitrogen and oxygen atoms in total. The third-order valence-electron chi connectivity index (χ3n) is 9.39. The molecule has 208 valence electrons. The van der Waals surface area contributed by atoms with Crippen molar-refractivity contribution in [2.24, 2.45) is 27.1 Å². The average Bonchev–Trinajstić information content (AvgIpc) is 2.74. The zero-order valence-corrected chi connectivity index (χ0v) is 31.1. The molecule has 0 saturated carbocycles. The van der Waals surface area contributed by atoms with Crippen LogP contribution in [-0.4, -0.2) is 15.0 Å². The fourth-order valence-electron chi connectivity index (χ4n) is 4.88. The van der Waals surface area contributed by atoms with Crippen molar-refractivity contribution in [1.82, 2.24) is 0 Å². The molecular weight excluding hydrogens is 704 g/mol. The van der Waals surface area contributed by atoms with Crippen LogP contribution in [0.25, 0.3) is 0 Å². The van der Waals surface area contributed by atoms with Crippen LogP contribution in [0.1, 0.15) is 113 Å². The van der Waals surface area contributed by atoms with Gasteiger partial charge in [-0.05, 0) is 64.2 Å². The zero-order chi connectivity index (χ0) is 28.2. The Morgan fingerprint density at radius 3 is 1.53 bits per heavy atom. The van der Waals surface area contributed by atoms with E-state index in [-0.39, 0.29) is 27.1 Å². The minimum atomic E-state index is 0.175. The lowest BCUT2D eigenvalue weighted by Crippen LogP contribution is -2.41. The molecule has 0 fully saturated rings. The van der Waals surface area contributed by atoms with Crippen molar-refractivity contribution in [2.45, 2.75) is 117 Å². The average molecular weight is 756 g/mol. The number of allylic oxidation sites excluding steroid dienone is 2. The smallest absolute Gasteiger partial charge is 0.0346 e. The predicted molar refractivity (Wildman–Crippen MR) is 178 cm³/mol. The summed E-state index contributed by atoms with van der Waals surface area (Å²) < 4.78 is 1.23. The fraction of sp³-hybridized carbons (Fsp3) is 0.750. The Kier molecular flexibility index (Phi) is 13.1. The SMILES string of the molecule is CC(C)(C)C(CC(C)(C)C(C)(C)CC(Br)C(Br)CC(C)(C)C(C)(C)C/C=C(/Br)CBr)c1ccccc1. The van der Waals surface area contributed by atoms with Gasteiger partial charge >= 0.3 is 0 Å².